The van der Waals surface area contributed by atoms with Gasteiger partial charge in [-0.25, -0.2) is 4.98 Å². The smallest absolute Gasteiger partial charge is 0.186 e. The SMILES string of the molecule is COc1cccc(CN(Cc2cccc(OC)c2)c2nc(COCC3CCOCC3)cs2)c1. The minimum Gasteiger partial charge on any atom is -0.497 e. The normalized spacial score (nSPS) is 14.2. The molecule has 3 aromatic rings. The summed E-state index contributed by atoms with van der Waals surface area (Å²) in [5, 5.41) is 3.08. The zero-order chi connectivity index (χ0) is 22.9. The molecule has 1 aromatic heterocycles. The molecule has 0 radical (unpaired) electrons. The Morgan fingerprint density at radius 1 is 0.970 bits per heavy atom. The van der Waals surface area contributed by atoms with Crippen LogP contribution in [0.2, 0.25) is 0 Å². The van der Waals surface area contributed by atoms with Gasteiger partial charge >= 0.3 is 0 Å². The average molecular weight is 469 g/mol. The second-order valence-electron chi connectivity index (χ2n) is 8.25. The number of nitrogens with zero attached hydrogens (tertiary/aromatic N) is 2. The second-order valence-corrected chi connectivity index (χ2v) is 9.09. The Labute approximate surface area is 200 Å². The molecular weight excluding hydrogens is 436 g/mol. The lowest BCUT2D eigenvalue weighted by Gasteiger charge is -2.23. The first kappa shape index (κ1) is 23.5. The van der Waals surface area contributed by atoms with Crippen LogP contribution in [0.25, 0.3) is 0 Å². The van der Waals surface area contributed by atoms with Crippen LogP contribution in [0.1, 0.15) is 29.7 Å². The van der Waals surface area contributed by atoms with Crippen molar-refractivity contribution in [1.82, 2.24) is 4.98 Å². The van der Waals surface area contributed by atoms with Crippen LogP contribution in [0.15, 0.2) is 53.9 Å². The Morgan fingerprint density at radius 3 is 2.21 bits per heavy atom. The molecule has 0 spiro atoms. The molecule has 0 amide bonds. The number of hydrogen-bond acceptors (Lipinski definition) is 7. The molecule has 1 fully saturated rings. The summed E-state index contributed by atoms with van der Waals surface area (Å²) in [7, 11) is 3.39. The van der Waals surface area contributed by atoms with Crippen LogP contribution < -0.4 is 14.4 Å². The largest absolute Gasteiger partial charge is 0.497 e. The van der Waals surface area contributed by atoms with E-state index in [1.165, 1.54) is 11.1 Å². The van der Waals surface area contributed by atoms with E-state index in [0.717, 1.165) is 68.1 Å². The average Bonchev–Trinajstić information content (AvgIpc) is 3.33. The highest BCUT2D eigenvalue weighted by Crippen LogP contribution is 2.27. The summed E-state index contributed by atoms with van der Waals surface area (Å²) < 4.78 is 22.3. The third-order valence-corrected chi connectivity index (χ3v) is 6.72. The van der Waals surface area contributed by atoms with Gasteiger partial charge in [0.1, 0.15) is 11.5 Å². The van der Waals surface area contributed by atoms with Crippen molar-refractivity contribution < 1.29 is 18.9 Å². The number of methoxy groups -OCH3 is 2. The van der Waals surface area contributed by atoms with Crippen molar-refractivity contribution in [2.75, 3.05) is 38.9 Å². The van der Waals surface area contributed by atoms with Crippen LogP contribution in [0, 0.1) is 5.92 Å². The first-order chi connectivity index (χ1) is 16.2. The predicted octanol–water partition coefficient (Wildman–Crippen LogP) is 5.31. The second kappa shape index (κ2) is 12.0. The highest BCUT2D eigenvalue weighted by molar-refractivity contribution is 7.13. The summed E-state index contributed by atoms with van der Waals surface area (Å²) in [5.41, 5.74) is 3.32. The third-order valence-electron chi connectivity index (χ3n) is 5.77. The predicted molar refractivity (Wildman–Crippen MR) is 131 cm³/mol. The molecule has 0 saturated carbocycles. The lowest BCUT2D eigenvalue weighted by molar-refractivity contribution is 0.0151. The van der Waals surface area contributed by atoms with E-state index in [1.807, 2.05) is 24.3 Å². The van der Waals surface area contributed by atoms with E-state index in [-0.39, 0.29) is 0 Å². The van der Waals surface area contributed by atoms with Crippen molar-refractivity contribution >= 4 is 16.5 Å². The fourth-order valence-corrected chi connectivity index (χ4v) is 4.73. The monoisotopic (exact) mass is 468 g/mol. The molecule has 2 aromatic carbocycles. The van der Waals surface area contributed by atoms with Crippen molar-refractivity contribution in [3.05, 3.63) is 70.7 Å². The van der Waals surface area contributed by atoms with Crippen LogP contribution in [-0.4, -0.2) is 39.0 Å². The van der Waals surface area contributed by atoms with Gasteiger partial charge < -0.3 is 23.8 Å². The van der Waals surface area contributed by atoms with E-state index in [1.54, 1.807) is 25.6 Å². The van der Waals surface area contributed by atoms with Crippen LogP contribution in [0.3, 0.4) is 0 Å². The van der Waals surface area contributed by atoms with Gasteiger partial charge in [0.25, 0.3) is 0 Å². The molecule has 0 aliphatic carbocycles. The van der Waals surface area contributed by atoms with Gasteiger partial charge in [0.2, 0.25) is 0 Å². The molecule has 7 heteroatoms. The van der Waals surface area contributed by atoms with Gasteiger partial charge in [-0.2, -0.15) is 0 Å². The number of ether oxygens (including phenoxy) is 4. The number of rotatable bonds is 11. The standard InChI is InChI=1S/C26H32N2O4S/c1-29-24-7-3-5-21(13-24)15-28(16-22-6-4-8-25(14-22)30-2)26-27-23(19-33-26)18-32-17-20-9-11-31-12-10-20/h3-8,13-14,19-20H,9-12,15-18H2,1-2H3. The molecule has 0 unspecified atom stereocenters. The highest BCUT2D eigenvalue weighted by Gasteiger charge is 2.16. The van der Waals surface area contributed by atoms with E-state index in [9.17, 15) is 0 Å². The lowest BCUT2D eigenvalue weighted by atomic mass is 10.0. The summed E-state index contributed by atoms with van der Waals surface area (Å²) in [4.78, 5) is 7.19. The fourth-order valence-electron chi connectivity index (χ4n) is 3.92. The molecule has 2 heterocycles. The maximum Gasteiger partial charge on any atom is 0.186 e. The van der Waals surface area contributed by atoms with E-state index in [4.69, 9.17) is 23.9 Å². The molecule has 4 rings (SSSR count). The highest BCUT2D eigenvalue weighted by atomic mass is 32.1. The quantitative estimate of drug-likeness (QED) is 0.380. The van der Waals surface area contributed by atoms with Crippen molar-refractivity contribution in [3.63, 3.8) is 0 Å². The third kappa shape index (κ3) is 6.93. The summed E-state index contributed by atoms with van der Waals surface area (Å²) in [6.07, 6.45) is 2.16. The van der Waals surface area contributed by atoms with Gasteiger partial charge in [-0.3, -0.25) is 0 Å². The Morgan fingerprint density at radius 2 is 1.61 bits per heavy atom. The van der Waals surface area contributed by atoms with Gasteiger partial charge in [0, 0.05) is 31.7 Å². The first-order valence-corrected chi connectivity index (χ1v) is 12.2. The zero-order valence-corrected chi connectivity index (χ0v) is 20.2. The van der Waals surface area contributed by atoms with Crippen molar-refractivity contribution in [3.8, 4) is 11.5 Å². The van der Waals surface area contributed by atoms with Crippen LogP contribution in [-0.2, 0) is 29.2 Å². The van der Waals surface area contributed by atoms with Gasteiger partial charge in [-0.05, 0) is 54.2 Å². The number of aromatic nitrogens is 1. The number of hydrogen-bond donors (Lipinski definition) is 0. The minimum atomic E-state index is 0.542. The lowest BCUT2D eigenvalue weighted by Crippen LogP contribution is -2.22. The van der Waals surface area contributed by atoms with E-state index in [2.05, 4.69) is 34.5 Å². The van der Waals surface area contributed by atoms with Crippen molar-refractivity contribution in [2.45, 2.75) is 32.5 Å². The molecule has 0 bridgehead atoms. The van der Waals surface area contributed by atoms with Gasteiger partial charge in [-0.15, -0.1) is 11.3 Å². The van der Waals surface area contributed by atoms with E-state index >= 15 is 0 Å². The molecule has 176 valence electrons. The Kier molecular flexibility index (Phi) is 8.58. The summed E-state index contributed by atoms with van der Waals surface area (Å²) in [5.74, 6) is 2.31. The Balaban J connectivity index is 1.46. The van der Waals surface area contributed by atoms with Crippen molar-refractivity contribution in [1.29, 1.82) is 0 Å². The topological polar surface area (TPSA) is 53.1 Å². The zero-order valence-electron chi connectivity index (χ0n) is 19.4. The molecule has 1 aliphatic rings. The van der Waals surface area contributed by atoms with Crippen LogP contribution in [0.4, 0.5) is 5.13 Å². The number of benzene rings is 2. The summed E-state index contributed by atoms with van der Waals surface area (Å²) in [6, 6.07) is 16.4. The maximum atomic E-state index is 5.99. The maximum absolute atomic E-state index is 5.99. The summed E-state index contributed by atoms with van der Waals surface area (Å²) >= 11 is 1.65. The molecule has 0 atom stereocenters. The Bertz CT molecular complexity index is 954. The minimum absolute atomic E-state index is 0.542. The van der Waals surface area contributed by atoms with Crippen molar-refractivity contribution in [2.24, 2.45) is 5.92 Å². The molecule has 6 nitrogen and oxygen atoms in total. The van der Waals surface area contributed by atoms with Gasteiger partial charge in [0.15, 0.2) is 5.13 Å². The fraction of sp³-hybridized carbons (Fsp3) is 0.423. The van der Waals surface area contributed by atoms with E-state index in [0.29, 0.717) is 12.5 Å². The Hall–Kier alpha value is -2.61. The molecule has 1 aliphatic heterocycles. The summed E-state index contributed by atoms with van der Waals surface area (Å²) in [6.45, 7) is 4.46. The van der Waals surface area contributed by atoms with Crippen LogP contribution >= 0.6 is 11.3 Å². The van der Waals surface area contributed by atoms with Gasteiger partial charge in [0.05, 0.1) is 33.1 Å². The number of thiazole rings is 1. The van der Waals surface area contributed by atoms with Crippen LogP contribution in [0.5, 0.6) is 11.5 Å². The first-order valence-electron chi connectivity index (χ1n) is 11.3. The van der Waals surface area contributed by atoms with Gasteiger partial charge in [-0.1, -0.05) is 24.3 Å². The van der Waals surface area contributed by atoms with E-state index < -0.39 is 0 Å². The number of anilines is 1. The molecular formula is C26H32N2O4S. The molecule has 1 saturated heterocycles. The molecule has 0 N–H and O–H groups in total. The molecule has 33 heavy (non-hydrogen) atoms.